The first-order chi connectivity index (χ1) is 32.3. The average Bonchev–Trinajstić information content (AvgIpc) is 3.32. The number of nitrogens with zero attached hydrogens (tertiary/aromatic N) is 1. The number of ketones is 3. The Kier molecular flexibility index (Phi) is 23.0. The zero-order valence-electron chi connectivity index (χ0n) is 43.3. The van der Waals surface area contributed by atoms with Crippen molar-refractivity contribution in [2.75, 3.05) is 34.5 Å². The summed E-state index contributed by atoms with van der Waals surface area (Å²) in [5.41, 5.74) is 1.40. The van der Waals surface area contributed by atoms with E-state index in [0.717, 1.165) is 37.7 Å². The van der Waals surface area contributed by atoms with Crippen molar-refractivity contribution in [1.29, 1.82) is 0 Å². The fourth-order valence-electron chi connectivity index (χ4n) is 11.2. The molecule has 1 amide bonds. The van der Waals surface area contributed by atoms with Gasteiger partial charge in [0.2, 0.25) is 5.79 Å². The van der Waals surface area contributed by atoms with Gasteiger partial charge in [-0.25, -0.2) is 4.79 Å². The summed E-state index contributed by atoms with van der Waals surface area (Å²) in [7, 11) is 4.87. The molecule has 1 aliphatic carbocycles. The van der Waals surface area contributed by atoms with E-state index in [-0.39, 0.29) is 79.2 Å². The Balaban J connectivity index is 1.70. The second-order valence-electron chi connectivity index (χ2n) is 21.0. The molecule has 3 aliphatic heterocycles. The molecular weight excluding hydrogens is 867 g/mol. The molecule has 13 heteroatoms. The number of allylic oxidation sites excluding steroid dienone is 7. The van der Waals surface area contributed by atoms with E-state index in [1.807, 2.05) is 65.0 Å². The van der Waals surface area contributed by atoms with Crippen molar-refractivity contribution in [2.24, 2.45) is 47.3 Å². The Morgan fingerprint density at radius 1 is 0.868 bits per heavy atom. The highest BCUT2D eigenvalue weighted by molar-refractivity contribution is 6.39. The van der Waals surface area contributed by atoms with E-state index in [2.05, 4.69) is 13.0 Å². The second-order valence-corrected chi connectivity index (χ2v) is 21.0. The minimum Gasteiger partial charge on any atom is -0.460 e. The highest BCUT2D eigenvalue weighted by Crippen LogP contribution is 2.39. The number of Topliss-reactive ketones (excluding diaryl/α,β-unsaturated/α-hetero) is 3. The third-order valence-corrected chi connectivity index (χ3v) is 15.9. The summed E-state index contributed by atoms with van der Waals surface area (Å²) in [4.78, 5) is 72.5. The summed E-state index contributed by atoms with van der Waals surface area (Å²) < 4.78 is 30.2. The first kappa shape index (κ1) is 57.3. The summed E-state index contributed by atoms with van der Waals surface area (Å²) >= 11 is 0. The summed E-state index contributed by atoms with van der Waals surface area (Å²) in [5.74, 6) is -6.36. The number of carbonyl (C=O) groups is 5. The van der Waals surface area contributed by atoms with Crippen LogP contribution < -0.4 is 0 Å². The van der Waals surface area contributed by atoms with Crippen LogP contribution in [0.5, 0.6) is 0 Å². The smallest absolute Gasteiger partial charge is 0.329 e. The van der Waals surface area contributed by atoms with Gasteiger partial charge in [0.1, 0.15) is 18.2 Å². The molecular formula is C55H87NO12. The van der Waals surface area contributed by atoms with Crippen molar-refractivity contribution >= 4 is 29.2 Å². The van der Waals surface area contributed by atoms with E-state index >= 15 is 0 Å². The maximum Gasteiger partial charge on any atom is 0.329 e. The van der Waals surface area contributed by atoms with Gasteiger partial charge in [0.25, 0.3) is 11.7 Å². The summed E-state index contributed by atoms with van der Waals surface area (Å²) in [6.07, 6.45) is 17.5. The van der Waals surface area contributed by atoms with Gasteiger partial charge in [-0.15, -0.1) is 0 Å². The van der Waals surface area contributed by atoms with Gasteiger partial charge in [0, 0.05) is 59.2 Å². The Labute approximate surface area is 407 Å². The van der Waals surface area contributed by atoms with Gasteiger partial charge >= 0.3 is 5.97 Å². The van der Waals surface area contributed by atoms with Crippen molar-refractivity contribution in [2.45, 2.75) is 188 Å². The van der Waals surface area contributed by atoms with Crippen LogP contribution in [0, 0.1) is 47.3 Å². The van der Waals surface area contributed by atoms with Crippen LogP contribution in [0.1, 0.15) is 145 Å². The molecule has 3 fully saturated rings. The molecule has 384 valence electrons. The summed E-state index contributed by atoms with van der Waals surface area (Å²) in [6.45, 7) is 15.6. The zero-order chi connectivity index (χ0) is 50.3. The maximum atomic E-state index is 14.5. The molecule has 2 unspecified atom stereocenters. The molecule has 2 saturated heterocycles. The van der Waals surface area contributed by atoms with Crippen molar-refractivity contribution < 1.29 is 57.9 Å². The quantitative estimate of drug-likeness (QED) is 0.167. The van der Waals surface area contributed by atoms with Crippen LogP contribution in [0.25, 0.3) is 0 Å². The van der Waals surface area contributed by atoms with Crippen LogP contribution in [0.4, 0.5) is 0 Å². The van der Waals surface area contributed by atoms with E-state index in [1.165, 1.54) is 4.90 Å². The number of piperidine rings is 1. The number of amides is 1. The van der Waals surface area contributed by atoms with E-state index in [1.54, 1.807) is 35.2 Å². The topological polar surface area (TPSA) is 175 Å². The van der Waals surface area contributed by atoms with Gasteiger partial charge in [0.15, 0.2) is 11.6 Å². The van der Waals surface area contributed by atoms with E-state index in [9.17, 15) is 34.2 Å². The molecule has 15 atom stereocenters. The van der Waals surface area contributed by atoms with Gasteiger partial charge in [-0.2, -0.15) is 0 Å². The lowest BCUT2D eigenvalue weighted by Crippen LogP contribution is -2.61. The fraction of sp³-hybridized carbons (Fsp3) is 0.764. The number of aliphatic hydroxyl groups is 2. The van der Waals surface area contributed by atoms with Crippen molar-refractivity contribution in [3.63, 3.8) is 0 Å². The van der Waals surface area contributed by atoms with Gasteiger partial charge in [-0.05, 0) is 138 Å². The number of methoxy groups -OCH3 is 3. The SMILES string of the molecule is CO[C@H]1C[C@@H]2CC[C@@H](C)[C@@](O)(O2)C(=O)C(=O)N2CCCC[C@H]2C(=O)OC([C@H](C)C[C@@H]2CC[C@@H](CCCO)[C@H](OC)C2)CC(=O)C(C)=CC(C)[C@@H](C)[C@@H](OC)C(=O)[C@H](C)C[C@H](C)C=CC=CC=C1C. The Morgan fingerprint density at radius 2 is 1.60 bits per heavy atom. The Morgan fingerprint density at radius 3 is 2.28 bits per heavy atom. The van der Waals surface area contributed by atoms with E-state index in [4.69, 9.17) is 23.7 Å². The number of rotatable bonds is 9. The number of cyclic esters (lactones) is 1. The van der Waals surface area contributed by atoms with Crippen molar-refractivity contribution in [1.82, 2.24) is 4.90 Å². The zero-order valence-corrected chi connectivity index (χ0v) is 43.3. The maximum absolute atomic E-state index is 14.5. The van der Waals surface area contributed by atoms with Gasteiger partial charge < -0.3 is 38.8 Å². The van der Waals surface area contributed by atoms with Crippen molar-refractivity contribution in [3.8, 4) is 0 Å². The largest absolute Gasteiger partial charge is 0.460 e. The van der Waals surface area contributed by atoms with Gasteiger partial charge in [0.05, 0.1) is 18.3 Å². The van der Waals surface area contributed by atoms with Crippen LogP contribution in [-0.2, 0) is 47.7 Å². The minimum atomic E-state index is -2.41. The van der Waals surface area contributed by atoms with Crippen LogP contribution in [0.2, 0.25) is 0 Å². The molecule has 4 rings (SSSR count). The van der Waals surface area contributed by atoms with E-state index in [0.29, 0.717) is 56.4 Å². The van der Waals surface area contributed by atoms with Crippen molar-refractivity contribution in [3.05, 3.63) is 47.6 Å². The van der Waals surface area contributed by atoms with Gasteiger partial charge in [-0.3, -0.25) is 19.2 Å². The number of esters is 1. The Hall–Kier alpha value is -3.33. The summed E-state index contributed by atoms with van der Waals surface area (Å²) in [6, 6.07) is -1.10. The molecule has 68 heavy (non-hydrogen) atoms. The molecule has 0 aromatic rings. The third-order valence-electron chi connectivity index (χ3n) is 15.9. The molecule has 13 nitrogen and oxygen atoms in total. The lowest BCUT2D eigenvalue weighted by atomic mass is 9.74. The monoisotopic (exact) mass is 954 g/mol. The van der Waals surface area contributed by atoms with Crippen LogP contribution in [0.15, 0.2) is 47.6 Å². The van der Waals surface area contributed by atoms with Gasteiger partial charge in [-0.1, -0.05) is 78.0 Å². The number of carbonyl (C=O) groups excluding carboxylic acids is 5. The highest BCUT2D eigenvalue weighted by Gasteiger charge is 2.53. The predicted molar refractivity (Wildman–Crippen MR) is 262 cm³/mol. The minimum absolute atomic E-state index is 0.0128. The fourth-order valence-corrected chi connectivity index (χ4v) is 11.2. The normalized spacial score (nSPS) is 36.7. The molecule has 3 heterocycles. The predicted octanol–water partition coefficient (Wildman–Crippen LogP) is 8.48. The van der Waals surface area contributed by atoms with Crippen LogP contribution >= 0.6 is 0 Å². The molecule has 0 aromatic carbocycles. The first-order valence-corrected chi connectivity index (χ1v) is 25.7. The number of aliphatic hydroxyl groups excluding tert-OH is 1. The standard InChI is InChI=1S/C55H87NO12/c1-34-18-13-12-14-19-35(2)47(64-9)32-44-25-22-40(7)55(63,68-44)52(60)53(61)56-26-16-15-21-45(56)54(62)67-48(38(5)30-42-23-24-43(20-17-27-57)49(31-42)65-10)33-46(58)37(4)29-36(3)41(8)51(66-11)50(59)39(6)28-34/h12-14,18-19,29,34,36,38-45,47-49,51,57,63H,15-17,20-28,30-33H2,1-11H3/t34-,36?,38-,39-,40-,41-,42+,43-,44+,45+,47+,48?,49-,51-,55-/m1/s1. The molecule has 0 radical (unpaired) electrons. The number of hydrogen-bond donors (Lipinski definition) is 2. The lowest BCUT2D eigenvalue weighted by Gasteiger charge is -2.42. The summed E-state index contributed by atoms with van der Waals surface area (Å²) in [5, 5.41) is 21.5. The number of ether oxygens (including phenoxy) is 5. The molecule has 4 aliphatic rings. The number of fused-ring (bicyclic) bond motifs is 3. The highest BCUT2D eigenvalue weighted by atomic mass is 16.6. The molecule has 2 N–H and O–H groups in total. The van der Waals surface area contributed by atoms with Crippen LogP contribution in [-0.4, -0.2) is 121 Å². The molecule has 1 saturated carbocycles. The first-order valence-electron chi connectivity index (χ1n) is 25.7. The molecule has 2 bridgehead atoms. The lowest BCUT2D eigenvalue weighted by molar-refractivity contribution is -0.265. The Bertz CT molecular complexity index is 1800. The number of hydrogen-bond acceptors (Lipinski definition) is 12. The average molecular weight is 954 g/mol. The van der Waals surface area contributed by atoms with E-state index < -0.39 is 59.8 Å². The van der Waals surface area contributed by atoms with Crippen LogP contribution in [0.3, 0.4) is 0 Å². The second kappa shape index (κ2) is 27.3. The molecule has 0 spiro atoms. The molecule has 0 aromatic heterocycles. The third kappa shape index (κ3) is 15.3.